The zero-order valence-electron chi connectivity index (χ0n) is 7.27. The van der Waals surface area contributed by atoms with Crippen LogP contribution >= 0.6 is 136 Å². The molecule has 10 heteroatoms. The molecule has 0 saturated heterocycles. The van der Waals surface area contributed by atoms with E-state index in [9.17, 15) is 0 Å². The minimum atomic E-state index is 0. The first-order valence-electron chi connectivity index (χ1n) is 0. The first kappa shape index (κ1) is 102. The summed E-state index contributed by atoms with van der Waals surface area (Å²) < 4.78 is 0. The van der Waals surface area contributed by atoms with Crippen LogP contribution in [0, 0.1) is 0 Å². The molecule has 0 radical (unpaired) electrons. The van der Waals surface area contributed by atoms with Gasteiger partial charge in [0.15, 0.2) is 0 Å². The van der Waals surface area contributed by atoms with Crippen molar-refractivity contribution in [3.8, 4) is 0 Å². The molecule has 0 saturated carbocycles. The molecule has 0 spiro atoms. The van der Waals surface area contributed by atoms with Crippen molar-refractivity contribution in [2.45, 2.75) is 0 Å². The second kappa shape index (κ2) is 83.3. The summed E-state index contributed by atoms with van der Waals surface area (Å²) in [5.41, 5.74) is 0. The first-order valence-corrected chi connectivity index (χ1v) is 0. The molecule has 68 valence electrons. The van der Waals surface area contributed by atoms with Gasteiger partial charge in [-0.15, -0.1) is 136 Å². The Kier molecular flexibility index (Phi) is 852. The topological polar surface area (TPSA) is 0 Å². The second-order valence-electron chi connectivity index (χ2n) is 0. The Hall–Kier alpha value is 5.84. The van der Waals surface area contributed by atoms with Crippen molar-refractivity contribution in [2.24, 2.45) is 0 Å². The molecule has 0 aromatic carbocycles. The van der Waals surface area contributed by atoms with Crippen molar-refractivity contribution in [2.75, 3.05) is 0 Å². The summed E-state index contributed by atoms with van der Waals surface area (Å²) in [6.45, 7) is 0. The van der Waals surface area contributed by atoms with Gasteiger partial charge in [-0.25, -0.2) is 0 Å². The van der Waals surface area contributed by atoms with Crippen LogP contribution in [-0.2, 0) is 0 Å². The van der Waals surface area contributed by atoms with Crippen molar-refractivity contribution in [3.63, 3.8) is 0 Å². The maximum atomic E-state index is 0. The van der Waals surface area contributed by atoms with Gasteiger partial charge in [-0.3, -0.25) is 0 Å². The first-order chi connectivity index (χ1) is 0. The van der Waals surface area contributed by atoms with Crippen molar-refractivity contribution in [1.82, 2.24) is 0 Å². The van der Waals surface area contributed by atoms with Crippen LogP contribution in [0.1, 0.15) is 2.85 Å². The molecular formula is H10Br8Na2. The third-order valence-corrected chi connectivity index (χ3v) is 0. The van der Waals surface area contributed by atoms with Crippen molar-refractivity contribution < 1.29 is 62.0 Å². The van der Waals surface area contributed by atoms with Gasteiger partial charge in [0.2, 0.25) is 0 Å². The third kappa shape index (κ3) is 66.9. The molecule has 0 atom stereocenters. The van der Waals surface area contributed by atoms with E-state index in [1.165, 1.54) is 0 Å². The van der Waals surface area contributed by atoms with E-state index in [0.29, 0.717) is 0 Å². The zero-order valence-corrected chi connectivity index (χ0v) is 23.0. The van der Waals surface area contributed by atoms with Gasteiger partial charge < -0.3 is 2.85 Å². The van der Waals surface area contributed by atoms with Gasteiger partial charge in [-0.1, -0.05) is 0 Å². The molecular weight excluding hydrogens is 685 g/mol. The molecule has 0 aliphatic heterocycles. The number of rotatable bonds is 0. The van der Waals surface area contributed by atoms with Gasteiger partial charge in [-0.05, 0) is 0 Å². The summed E-state index contributed by atoms with van der Waals surface area (Å²) in [5.74, 6) is 0. The van der Waals surface area contributed by atoms with Crippen LogP contribution in [0.3, 0.4) is 0 Å². The largest absolute Gasteiger partial charge is 1.00 e. The molecule has 0 bridgehead atoms. The van der Waals surface area contributed by atoms with Gasteiger partial charge in [-0.2, -0.15) is 0 Å². The quantitative estimate of drug-likeness (QED) is 0.282. The summed E-state index contributed by atoms with van der Waals surface area (Å²) in [5, 5.41) is 0. The normalized spacial score (nSPS) is 0. The smallest absolute Gasteiger partial charge is 1.00 e. The fraction of sp³-hybridized carbons (Fsp3) is 0. The monoisotopic (exact) mass is 687 g/mol. The predicted octanol–water partition coefficient (Wildman–Crippen LogP) is -1.14. The van der Waals surface area contributed by atoms with Crippen LogP contribution in [0.2, 0.25) is 0 Å². The van der Waals surface area contributed by atoms with E-state index in [-0.39, 0.29) is 198 Å². The van der Waals surface area contributed by atoms with Gasteiger partial charge in [0.25, 0.3) is 0 Å². The summed E-state index contributed by atoms with van der Waals surface area (Å²) in [4.78, 5) is 0. The van der Waals surface area contributed by atoms with Crippen molar-refractivity contribution in [1.29, 1.82) is 0 Å². The van der Waals surface area contributed by atoms with Gasteiger partial charge in [0.1, 0.15) is 0 Å². The van der Waals surface area contributed by atoms with Gasteiger partial charge in [0, 0.05) is 0 Å². The molecule has 0 nitrogen and oxygen atoms in total. The van der Waals surface area contributed by atoms with Crippen LogP contribution in [0.4, 0.5) is 0 Å². The molecule has 0 fully saturated rings. The Balaban J connectivity index is 0. The second-order valence-corrected chi connectivity index (χ2v) is 0. The Morgan fingerprint density at radius 3 is 0.300 bits per heavy atom. The van der Waals surface area contributed by atoms with Crippen LogP contribution in [0.25, 0.3) is 0 Å². The average Bonchev–Trinajstić information content (AvgIpc) is 0. The Labute approximate surface area is 193 Å². The van der Waals surface area contributed by atoms with Crippen molar-refractivity contribution >= 4 is 136 Å². The van der Waals surface area contributed by atoms with E-state index in [1.807, 2.05) is 0 Å². The SMILES string of the molecule is Br.Br.Br.Br.Br.Br.Br.Br.[H-].[H-].[Na+].[Na+]. The molecule has 0 rings (SSSR count). The molecule has 0 aliphatic rings. The summed E-state index contributed by atoms with van der Waals surface area (Å²) >= 11 is 0. The summed E-state index contributed by atoms with van der Waals surface area (Å²) in [6, 6.07) is 0. The molecule has 0 unspecified atom stereocenters. The average molecular weight is 695 g/mol. The van der Waals surface area contributed by atoms with E-state index < -0.39 is 0 Å². The fourth-order valence-corrected chi connectivity index (χ4v) is 0. The van der Waals surface area contributed by atoms with Crippen LogP contribution in [-0.4, -0.2) is 0 Å². The minimum Gasteiger partial charge on any atom is -1.00 e. The molecule has 0 N–H and O–H groups in total. The molecule has 0 aromatic heterocycles. The van der Waals surface area contributed by atoms with Gasteiger partial charge in [0.05, 0.1) is 0 Å². The number of hydrogen-bond acceptors (Lipinski definition) is 0. The van der Waals surface area contributed by atoms with Crippen LogP contribution in [0.5, 0.6) is 0 Å². The molecule has 0 heterocycles. The van der Waals surface area contributed by atoms with Crippen LogP contribution in [0.15, 0.2) is 0 Å². The van der Waals surface area contributed by atoms with E-state index >= 15 is 0 Å². The van der Waals surface area contributed by atoms with Gasteiger partial charge >= 0.3 is 59.1 Å². The van der Waals surface area contributed by atoms with E-state index in [4.69, 9.17) is 0 Å². The van der Waals surface area contributed by atoms with Crippen LogP contribution < -0.4 is 59.1 Å². The standard InChI is InChI=1S/8BrH.2Na.2H/h8*1H;;;;/q;;;;;;;;2*+1;2*-1. The maximum Gasteiger partial charge on any atom is 1.00 e. The molecule has 10 heavy (non-hydrogen) atoms. The van der Waals surface area contributed by atoms with E-state index in [2.05, 4.69) is 0 Å². The van der Waals surface area contributed by atoms with E-state index in [1.54, 1.807) is 0 Å². The summed E-state index contributed by atoms with van der Waals surface area (Å²) in [7, 11) is 0. The summed E-state index contributed by atoms with van der Waals surface area (Å²) in [6.07, 6.45) is 0. The number of hydrogen-bond donors (Lipinski definition) is 0. The Morgan fingerprint density at radius 2 is 0.300 bits per heavy atom. The third-order valence-electron chi connectivity index (χ3n) is 0. The number of halogens is 8. The zero-order chi connectivity index (χ0) is 0. The molecule has 0 amide bonds. The minimum absolute atomic E-state index is 0. The maximum absolute atomic E-state index is 0. The Bertz CT molecular complexity index is 15.0. The molecule has 0 aliphatic carbocycles. The Morgan fingerprint density at radius 1 is 0.300 bits per heavy atom. The molecule has 0 aromatic rings. The fourth-order valence-electron chi connectivity index (χ4n) is 0. The van der Waals surface area contributed by atoms with Crippen molar-refractivity contribution in [3.05, 3.63) is 0 Å². The predicted molar refractivity (Wildman–Crippen MR) is 84.8 cm³/mol. The van der Waals surface area contributed by atoms with E-state index in [0.717, 1.165) is 0 Å².